The molecule has 1 heterocycles. The number of hydrogen-bond acceptors (Lipinski definition) is 4. The van der Waals surface area contributed by atoms with E-state index in [1.807, 2.05) is 23.0 Å². The number of benzene rings is 1. The van der Waals surface area contributed by atoms with E-state index in [0.717, 1.165) is 17.8 Å². The summed E-state index contributed by atoms with van der Waals surface area (Å²) in [5.74, 6) is 0.281. The van der Waals surface area contributed by atoms with Gasteiger partial charge in [-0.2, -0.15) is 5.10 Å². The number of hydrogen-bond donors (Lipinski definition) is 2. The Balaban J connectivity index is 1.96. The summed E-state index contributed by atoms with van der Waals surface area (Å²) >= 11 is 0. The summed E-state index contributed by atoms with van der Waals surface area (Å²) in [5.41, 5.74) is 2.08. The van der Waals surface area contributed by atoms with E-state index in [1.54, 1.807) is 25.4 Å². The van der Waals surface area contributed by atoms with Crippen LogP contribution in [0.5, 0.6) is 5.75 Å². The van der Waals surface area contributed by atoms with Gasteiger partial charge in [-0.05, 0) is 24.6 Å². The maximum absolute atomic E-state index is 9.27. The van der Waals surface area contributed by atoms with Crippen LogP contribution in [0.15, 0.2) is 36.7 Å². The lowest BCUT2D eigenvalue weighted by atomic mass is 10.1. The molecule has 1 aromatic heterocycles. The maximum Gasteiger partial charge on any atom is 0.115 e. The number of nitrogens with zero attached hydrogens (tertiary/aromatic N) is 2. The molecule has 0 radical (unpaired) electrons. The van der Waals surface area contributed by atoms with E-state index in [1.165, 1.54) is 0 Å². The Morgan fingerprint density at radius 1 is 1.37 bits per heavy atom. The molecule has 2 aromatic rings. The molecule has 0 fully saturated rings. The van der Waals surface area contributed by atoms with Gasteiger partial charge in [0.1, 0.15) is 5.75 Å². The zero-order chi connectivity index (χ0) is 13.7. The minimum Gasteiger partial charge on any atom is -0.508 e. The Bertz CT molecular complexity index is 508. The maximum atomic E-state index is 9.27. The van der Waals surface area contributed by atoms with Gasteiger partial charge in [0, 0.05) is 19.3 Å². The smallest absolute Gasteiger partial charge is 0.115 e. The zero-order valence-electron chi connectivity index (χ0n) is 11.2. The monoisotopic (exact) mass is 261 g/mol. The molecule has 1 unspecified atom stereocenters. The molecule has 5 heteroatoms. The number of aromatic hydroxyl groups is 1. The van der Waals surface area contributed by atoms with Crippen LogP contribution in [-0.4, -0.2) is 28.6 Å². The predicted molar refractivity (Wildman–Crippen MR) is 74.2 cm³/mol. The molecule has 0 spiro atoms. The fourth-order valence-electron chi connectivity index (χ4n) is 1.84. The van der Waals surface area contributed by atoms with Crippen molar-refractivity contribution < 1.29 is 9.84 Å². The quantitative estimate of drug-likeness (QED) is 0.838. The highest BCUT2D eigenvalue weighted by Gasteiger charge is 2.06. The molecule has 2 N–H and O–H groups in total. The third-order valence-electron chi connectivity index (χ3n) is 2.93. The highest BCUT2D eigenvalue weighted by Crippen LogP contribution is 2.20. The minimum absolute atomic E-state index is 0.153. The van der Waals surface area contributed by atoms with Gasteiger partial charge in [0.25, 0.3) is 0 Å². The summed E-state index contributed by atoms with van der Waals surface area (Å²) in [4.78, 5) is 0. The average Bonchev–Trinajstić information content (AvgIpc) is 2.84. The van der Waals surface area contributed by atoms with Gasteiger partial charge in [-0.1, -0.05) is 12.1 Å². The number of ether oxygens (including phenoxy) is 1. The molecule has 0 bridgehead atoms. The highest BCUT2D eigenvalue weighted by molar-refractivity contribution is 5.42. The Labute approximate surface area is 112 Å². The van der Waals surface area contributed by atoms with Crippen molar-refractivity contribution in [1.82, 2.24) is 9.78 Å². The molecule has 0 saturated heterocycles. The Morgan fingerprint density at radius 2 is 2.11 bits per heavy atom. The van der Waals surface area contributed by atoms with Crippen molar-refractivity contribution in [2.75, 3.05) is 19.0 Å². The van der Waals surface area contributed by atoms with Gasteiger partial charge in [0.15, 0.2) is 0 Å². The van der Waals surface area contributed by atoms with Crippen molar-refractivity contribution in [3.8, 4) is 5.75 Å². The number of anilines is 1. The fourth-order valence-corrected chi connectivity index (χ4v) is 1.84. The molecular weight excluding hydrogens is 242 g/mol. The van der Waals surface area contributed by atoms with Crippen LogP contribution in [0.1, 0.15) is 18.5 Å². The summed E-state index contributed by atoms with van der Waals surface area (Å²) in [7, 11) is 1.68. The number of nitrogens with one attached hydrogen (secondary N) is 1. The Kier molecular flexibility index (Phi) is 4.41. The van der Waals surface area contributed by atoms with Crippen molar-refractivity contribution in [2.45, 2.75) is 19.5 Å². The van der Waals surface area contributed by atoms with E-state index >= 15 is 0 Å². The van der Waals surface area contributed by atoms with Crippen LogP contribution in [0, 0.1) is 0 Å². The summed E-state index contributed by atoms with van der Waals surface area (Å²) in [5, 5.41) is 16.9. The highest BCUT2D eigenvalue weighted by atomic mass is 16.5. The second-order valence-corrected chi connectivity index (χ2v) is 4.44. The van der Waals surface area contributed by atoms with Crippen molar-refractivity contribution in [2.24, 2.45) is 0 Å². The first-order valence-electron chi connectivity index (χ1n) is 6.26. The van der Waals surface area contributed by atoms with Crippen LogP contribution >= 0.6 is 0 Å². The van der Waals surface area contributed by atoms with E-state index in [9.17, 15) is 5.11 Å². The SMILES string of the molecule is COCCn1cc(NC(C)c2ccc(O)cc2)cn1. The van der Waals surface area contributed by atoms with Crippen LogP contribution in [0.2, 0.25) is 0 Å². The molecule has 19 heavy (non-hydrogen) atoms. The largest absolute Gasteiger partial charge is 0.508 e. The van der Waals surface area contributed by atoms with Crippen molar-refractivity contribution >= 4 is 5.69 Å². The molecule has 0 aliphatic heterocycles. The van der Waals surface area contributed by atoms with Crippen molar-refractivity contribution in [1.29, 1.82) is 0 Å². The molecule has 2 rings (SSSR count). The standard InChI is InChI=1S/C14H19N3O2/c1-11(12-3-5-14(18)6-4-12)16-13-9-15-17(10-13)7-8-19-2/h3-6,9-11,16,18H,7-8H2,1-2H3. The lowest BCUT2D eigenvalue weighted by Gasteiger charge is -2.14. The van der Waals surface area contributed by atoms with Gasteiger partial charge in [-0.15, -0.1) is 0 Å². The second-order valence-electron chi connectivity index (χ2n) is 4.44. The number of phenolic OH excluding ortho intramolecular Hbond substituents is 1. The first-order chi connectivity index (χ1) is 9.19. The first kappa shape index (κ1) is 13.4. The first-order valence-corrected chi connectivity index (χ1v) is 6.26. The molecule has 1 aromatic carbocycles. The molecular formula is C14H19N3O2. The second kappa shape index (κ2) is 6.24. The number of aromatic nitrogens is 2. The Hall–Kier alpha value is -2.01. The predicted octanol–water partition coefficient (Wildman–Crippen LogP) is 2.41. The van der Waals surface area contributed by atoms with Crippen molar-refractivity contribution in [3.05, 3.63) is 42.2 Å². The van der Waals surface area contributed by atoms with Gasteiger partial charge in [-0.25, -0.2) is 0 Å². The van der Waals surface area contributed by atoms with Crippen molar-refractivity contribution in [3.63, 3.8) is 0 Å². The van der Waals surface area contributed by atoms with Crippen LogP contribution in [0.4, 0.5) is 5.69 Å². The third-order valence-corrected chi connectivity index (χ3v) is 2.93. The molecule has 1 atom stereocenters. The minimum atomic E-state index is 0.153. The van der Waals surface area contributed by atoms with Gasteiger partial charge < -0.3 is 15.2 Å². The lowest BCUT2D eigenvalue weighted by Crippen LogP contribution is -2.06. The van der Waals surface area contributed by atoms with E-state index in [0.29, 0.717) is 6.61 Å². The topological polar surface area (TPSA) is 59.3 Å². The van der Waals surface area contributed by atoms with Gasteiger partial charge in [0.2, 0.25) is 0 Å². The van der Waals surface area contributed by atoms with Gasteiger partial charge >= 0.3 is 0 Å². The fraction of sp³-hybridized carbons (Fsp3) is 0.357. The van der Waals surface area contributed by atoms with E-state index in [4.69, 9.17) is 4.74 Å². The summed E-state index contributed by atoms with van der Waals surface area (Å²) < 4.78 is 6.85. The van der Waals surface area contributed by atoms with Crippen LogP contribution in [0.3, 0.4) is 0 Å². The van der Waals surface area contributed by atoms with Crippen LogP contribution in [0.25, 0.3) is 0 Å². The zero-order valence-corrected chi connectivity index (χ0v) is 11.2. The van der Waals surface area contributed by atoms with Crippen LogP contribution < -0.4 is 5.32 Å². The molecule has 0 amide bonds. The van der Waals surface area contributed by atoms with E-state index in [2.05, 4.69) is 17.3 Å². The Morgan fingerprint density at radius 3 is 2.79 bits per heavy atom. The number of rotatable bonds is 6. The number of methoxy groups -OCH3 is 1. The van der Waals surface area contributed by atoms with Crippen LogP contribution in [-0.2, 0) is 11.3 Å². The normalized spacial score (nSPS) is 12.3. The summed E-state index contributed by atoms with van der Waals surface area (Å²) in [6, 6.07) is 7.34. The van der Waals surface area contributed by atoms with Gasteiger partial charge in [-0.3, -0.25) is 4.68 Å². The average molecular weight is 261 g/mol. The molecule has 0 saturated carbocycles. The molecule has 0 aliphatic rings. The lowest BCUT2D eigenvalue weighted by molar-refractivity contribution is 0.183. The summed E-state index contributed by atoms with van der Waals surface area (Å²) in [6.07, 6.45) is 3.75. The summed E-state index contributed by atoms with van der Waals surface area (Å²) in [6.45, 7) is 3.46. The molecule has 102 valence electrons. The molecule has 0 aliphatic carbocycles. The third kappa shape index (κ3) is 3.72. The molecule has 5 nitrogen and oxygen atoms in total. The number of phenols is 1. The van der Waals surface area contributed by atoms with E-state index in [-0.39, 0.29) is 11.8 Å². The van der Waals surface area contributed by atoms with E-state index < -0.39 is 0 Å². The van der Waals surface area contributed by atoms with Gasteiger partial charge in [0.05, 0.1) is 25.0 Å².